The van der Waals surface area contributed by atoms with Crippen LogP contribution in [0.1, 0.15) is 41.6 Å². The van der Waals surface area contributed by atoms with Crippen LogP contribution in [-0.2, 0) is 6.42 Å². The van der Waals surface area contributed by atoms with Gasteiger partial charge in [-0.15, -0.1) is 0 Å². The molecule has 4 rings (SSSR count). The Balaban J connectivity index is 1.32. The molecule has 2 aromatic rings. The quantitative estimate of drug-likeness (QED) is 0.593. The van der Waals surface area contributed by atoms with Crippen LogP contribution in [0.3, 0.4) is 0 Å². The van der Waals surface area contributed by atoms with E-state index < -0.39 is 0 Å². The molecule has 1 atom stereocenters. The van der Waals surface area contributed by atoms with Gasteiger partial charge >= 0.3 is 0 Å². The summed E-state index contributed by atoms with van der Waals surface area (Å²) in [6.07, 6.45) is 8.56. The van der Waals surface area contributed by atoms with E-state index in [2.05, 4.69) is 35.2 Å². The van der Waals surface area contributed by atoms with Crippen molar-refractivity contribution in [1.82, 2.24) is 9.80 Å². The highest BCUT2D eigenvalue weighted by atomic mass is 16.5. The van der Waals surface area contributed by atoms with Gasteiger partial charge in [-0.3, -0.25) is 4.79 Å². The molecule has 1 aromatic heterocycles. The number of hydrogen-bond donors (Lipinski definition) is 0. The maximum absolute atomic E-state index is 12.8. The number of rotatable bonds is 5. The third-order valence-electron chi connectivity index (χ3n) is 6.27. The van der Waals surface area contributed by atoms with Crippen LogP contribution >= 0.6 is 0 Å². The molecule has 0 N–H and O–H groups in total. The highest BCUT2D eigenvalue weighted by molar-refractivity contribution is 5.93. The van der Waals surface area contributed by atoms with Crippen molar-refractivity contribution >= 4 is 5.91 Å². The van der Waals surface area contributed by atoms with Crippen LogP contribution in [0.4, 0.5) is 0 Å². The van der Waals surface area contributed by atoms with Crippen LogP contribution in [0.15, 0.2) is 54.9 Å². The molecule has 148 valence electrons. The second-order valence-electron chi connectivity index (χ2n) is 8.40. The Morgan fingerprint density at radius 3 is 2.75 bits per heavy atom. The smallest absolute Gasteiger partial charge is 0.259 e. The molecular formula is C23H29N3O2. The molecule has 1 spiro atoms. The molecule has 2 saturated heterocycles. The van der Waals surface area contributed by atoms with Crippen molar-refractivity contribution in [2.45, 2.75) is 32.1 Å². The molecule has 2 aliphatic heterocycles. The number of benzene rings is 1. The van der Waals surface area contributed by atoms with Gasteiger partial charge in [0.25, 0.3) is 5.91 Å². The minimum atomic E-state index is -0.0109. The molecular weight excluding hydrogens is 350 g/mol. The zero-order valence-electron chi connectivity index (χ0n) is 16.4. The highest BCUT2D eigenvalue weighted by Crippen LogP contribution is 2.39. The number of aryl methyl sites for hydroxylation is 1. The zero-order valence-corrected chi connectivity index (χ0v) is 16.4. The maximum Gasteiger partial charge on any atom is 0.259 e. The van der Waals surface area contributed by atoms with Crippen LogP contribution in [0, 0.1) is 10.6 Å². The van der Waals surface area contributed by atoms with Gasteiger partial charge in [0.15, 0.2) is 12.4 Å². The molecule has 0 unspecified atom stereocenters. The SMILES string of the molecule is O=C(c1ccc[n+]([O-])c1)N1CC[C@]2(CCCN(CCCc3ccccc3)C2)C1. The van der Waals surface area contributed by atoms with E-state index in [4.69, 9.17) is 0 Å². The van der Waals surface area contributed by atoms with Gasteiger partial charge < -0.3 is 15.0 Å². The summed E-state index contributed by atoms with van der Waals surface area (Å²) in [7, 11) is 0. The van der Waals surface area contributed by atoms with E-state index in [1.54, 1.807) is 12.1 Å². The molecule has 5 heteroatoms. The molecule has 5 nitrogen and oxygen atoms in total. The predicted molar refractivity (Wildman–Crippen MR) is 109 cm³/mol. The first-order chi connectivity index (χ1) is 13.6. The first kappa shape index (κ1) is 18.9. The third kappa shape index (κ3) is 4.36. The number of carbonyl (C=O) groups is 1. The van der Waals surface area contributed by atoms with E-state index in [1.807, 2.05) is 4.90 Å². The van der Waals surface area contributed by atoms with Gasteiger partial charge in [0.05, 0.1) is 0 Å². The lowest BCUT2D eigenvalue weighted by Gasteiger charge is -2.40. The zero-order chi connectivity index (χ0) is 19.4. The van der Waals surface area contributed by atoms with Crippen molar-refractivity contribution < 1.29 is 9.52 Å². The molecule has 0 radical (unpaired) electrons. The summed E-state index contributed by atoms with van der Waals surface area (Å²) in [6.45, 7) is 4.99. The van der Waals surface area contributed by atoms with Gasteiger partial charge in [-0.05, 0) is 56.8 Å². The predicted octanol–water partition coefficient (Wildman–Crippen LogP) is 2.88. The number of amides is 1. The number of aromatic nitrogens is 1. The van der Waals surface area contributed by atoms with Crippen molar-refractivity contribution in [3.63, 3.8) is 0 Å². The molecule has 1 aromatic carbocycles. The van der Waals surface area contributed by atoms with E-state index in [0.29, 0.717) is 10.3 Å². The minimum Gasteiger partial charge on any atom is -0.619 e. The molecule has 2 aliphatic rings. The van der Waals surface area contributed by atoms with E-state index in [-0.39, 0.29) is 11.3 Å². The van der Waals surface area contributed by atoms with E-state index >= 15 is 0 Å². The fourth-order valence-corrected chi connectivity index (χ4v) is 4.86. The van der Waals surface area contributed by atoms with E-state index in [1.165, 1.54) is 43.8 Å². The Labute approximate surface area is 167 Å². The first-order valence-electron chi connectivity index (χ1n) is 10.4. The first-order valence-corrected chi connectivity index (χ1v) is 10.4. The number of likely N-dealkylation sites (tertiary alicyclic amines) is 2. The normalized spacial score (nSPS) is 22.6. The van der Waals surface area contributed by atoms with E-state index in [0.717, 1.165) is 39.0 Å². The van der Waals surface area contributed by atoms with Gasteiger partial charge in [-0.1, -0.05) is 30.3 Å². The standard InChI is InChI=1S/C23H29N3O2/c27-22(21-10-5-15-26(28)17-21)25-16-12-23(19-25)11-6-14-24(18-23)13-4-9-20-7-2-1-3-8-20/h1-3,5,7-8,10,15,17H,4,6,9,11-14,16,18-19H2/t23-/m0/s1. The van der Waals surface area contributed by atoms with Crippen molar-refractivity contribution in [2.24, 2.45) is 5.41 Å². The maximum atomic E-state index is 12.8. The number of carbonyl (C=O) groups excluding carboxylic acids is 1. The molecule has 3 heterocycles. The van der Waals surface area contributed by atoms with Crippen LogP contribution in [-0.4, -0.2) is 48.4 Å². The molecule has 28 heavy (non-hydrogen) atoms. The van der Waals surface area contributed by atoms with Crippen molar-refractivity contribution in [1.29, 1.82) is 0 Å². The Morgan fingerprint density at radius 1 is 1.07 bits per heavy atom. The van der Waals surface area contributed by atoms with Gasteiger partial charge in [0, 0.05) is 31.1 Å². The fourth-order valence-electron chi connectivity index (χ4n) is 4.86. The second kappa shape index (κ2) is 8.31. The molecule has 1 amide bonds. The highest BCUT2D eigenvalue weighted by Gasteiger charge is 2.42. The molecule has 0 saturated carbocycles. The Kier molecular flexibility index (Phi) is 5.62. The number of piperidine rings is 1. The number of nitrogens with zero attached hydrogens (tertiary/aromatic N) is 3. The summed E-state index contributed by atoms with van der Waals surface area (Å²) in [5, 5.41) is 11.5. The summed E-state index contributed by atoms with van der Waals surface area (Å²) in [4.78, 5) is 17.3. The van der Waals surface area contributed by atoms with Gasteiger partial charge in [-0.2, -0.15) is 4.73 Å². The van der Waals surface area contributed by atoms with Gasteiger partial charge in [0.2, 0.25) is 0 Å². The van der Waals surface area contributed by atoms with E-state index in [9.17, 15) is 10.0 Å². The summed E-state index contributed by atoms with van der Waals surface area (Å²) < 4.78 is 0.703. The minimum absolute atomic E-state index is 0.0109. The average Bonchev–Trinajstić information content (AvgIpc) is 3.11. The lowest BCUT2D eigenvalue weighted by atomic mass is 9.79. The van der Waals surface area contributed by atoms with Gasteiger partial charge in [-0.25, -0.2) is 0 Å². The number of hydrogen-bond acceptors (Lipinski definition) is 3. The fraction of sp³-hybridized carbons (Fsp3) is 0.478. The lowest BCUT2D eigenvalue weighted by Crippen LogP contribution is -2.45. The second-order valence-corrected chi connectivity index (χ2v) is 8.40. The van der Waals surface area contributed by atoms with Crippen LogP contribution in [0.25, 0.3) is 0 Å². The topological polar surface area (TPSA) is 50.5 Å². The molecule has 2 fully saturated rings. The Hall–Kier alpha value is -2.40. The monoisotopic (exact) mass is 379 g/mol. The van der Waals surface area contributed by atoms with Crippen LogP contribution < -0.4 is 4.73 Å². The summed E-state index contributed by atoms with van der Waals surface area (Å²) in [5.74, 6) is -0.0109. The van der Waals surface area contributed by atoms with Crippen molar-refractivity contribution in [3.05, 3.63) is 71.2 Å². The summed E-state index contributed by atoms with van der Waals surface area (Å²) in [5.41, 5.74) is 2.12. The Bertz CT molecular complexity index is 811. The summed E-state index contributed by atoms with van der Waals surface area (Å²) >= 11 is 0. The average molecular weight is 380 g/mol. The molecule has 0 bridgehead atoms. The van der Waals surface area contributed by atoms with Crippen LogP contribution in [0.5, 0.6) is 0 Å². The van der Waals surface area contributed by atoms with Crippen molar-refractivity contribution in [3.8, 4) is 0 Å². The summed E-state index contributed by atoms with van der Waals surface area (Å²) in [6, 6.07) is 14.1. The largest absolute Gasteiger partial charge is 0.619 e. The van der Waals surface area contributed by atoms with Gasteiger partial charge in [0.1, 0.15) is 5.56 Å². The van der Waals surface area contributed by atoms with Crippen molar-refractivity contribution in [2.75, 3.05) is 32.7 Å². The molecule has 0 aliphatic carbocycles. The van der Waals surface area contributed by atoms with Crippen LogP contribution in [0.2, 0.25) is 0 Å². The third-order valence-corrected chi connectivity index (χ3v) is 6.27. The Morgan fingerprint density at radius 2 is 1.93 bits per heavy atom. The number of pyridine rings is 1. The lowest BCUT2D eigenvalue weighted by molar-refractivity contribution is -0.605.